The molecule has 3 atom stereocenters. The van der Waals surface area contributed by atoms with E-state index in [1.165, 1.54) is 0 Å². The van der Waals surface area contributed by atoms with Crippen LogP contribution in [0.3, 0.4) is 0 Å². The van der Waals surface area contributed by atoms with Crippen LogP contribution in [0.1, 0.15) is 33.1 Å². The van der Waals surface area contributed by atoms with Crippen LogP contribution in [0.2, 0.25) is 0 Å². The van der Waals surface area contributed by atoms with Crippen molar-refractivity contribution in [3.8, 4) is 0 Å². The molecular formula is C11H24N2O. The number of rotatable bonds is 4. The summed E-state index contributed by atoms with van der Waals surface area (Å²) in [6, 6.07) is 0.303. The van der Waals surface area contributed by atoms with Crippen LogP contribution < -0.4 is 5.73 Å². The van der Waals surface area contributed by atoms with E-state index in [2.05, 4.69) is 11.8 Å². The number of likely N-dealkylation sites (N-methyl/N-ethyl adjacent to an activating group) is 1. The number of piperidine rings is 1. The van der Waals surface area contributed by atoms with Crippen LogP contribution in [0.5, 0.6) is 0 Å². The van der Waals surface area contributed by atoms with Gasteiger partial charge in [0, 0.05) is 19.1 Å². The van der Waals surface area contributed by atoms with Gasteiger partial charge in [-0.1, -0.05) is 13.8 Å². The summed E-state index contributed by atoms with van der Waals surface area (Å²) in [7, 11) is 0. The molecular weight excluding hydrogens is 176 g/mol. The van der Waals surface area contributed by atoms with Crippen molar-refractivity contribution < 1.29 is 5.11 Å². The molecule has 0 bridgehead atoms. The molecule has 14 heavy (non-hydrogen) atoms. The zero-order valence-corrected chi connectivity index (χ0v) is 9.45. The highest BCUT2D eigenvalue weighted by Gasteiger charge is 2.25. The lowest BCUT2D eigenvalue weighted by molar-refractivity contribution is 0.0930. The summed E-state index contributed by atoms with van der Waals surface area (Å²) >= 11 is 0. The lowest BCUT2D eigenvalue weighted by Crippen LogP contribution is -2.47. The van der Waals surface area contributed by atoms with Gasteiger partial charge >= 0.3 is 0 Å². The van der Waals surface area contributed by atoms with Gasteiger partial charge in [0.05, 0.1) is 6.10 Å². The molecule has 1 aliphatic rings. The maximum Gasteiger partial charge on any atom is 0.0540 e. The van der Waals surface area contributed by atoms with Gasteiger partial charge in [0.15, 0.2) is 0 Å². The average Bonchev–Trinajstić information content (AvgIpc) is 2.16. The van der Waals surface area contributed by atoms with Crippen LogP contribution in [0.4, 0.5) is 0 Å². The minimum Gasteiger partial charge on any atom is -0.393 e. The lowest BCUT2D eigenvalue weighted by atomic mass is 9.89. The maximum absolute atomic E-state index is 9.60. The average molecular weight is 200 g/mol. The first kappa shape index (κ1) is 12.0. The van der Waals surface area contributed by atoms with E-state index in [0.29, 0.717) is 12.0 Å². The zero-order chi connectivity index (χ0) is 10.6. The van der Waals surface area contributed by atoms with Gasteiger partial charge in [0.2, 0.25) is 0 Å². The molecule has 0 aliphatic carbocycles. The van der Waals surface area contributed by atoms with Gasteiger partial charge in [0.1, 0.15) is 0 Å². The molecule has 0 aromatic heterocycles. The topological polar surface area (TPSA) is 49.5 Å². The fourth-order valence-electron chi connectivity index (χ4n) is 2.33. The van der Waals surface area contributed by atoms with Crippen LogP contribution in [-0.2, 0) is 0 Å². The first-order valence-corrected chi connectivity index (χ1v) is 5.81. The standard InChI is InChI=1S/C11H24N2O/c1-3-11(14)6-9-5-10(12)8-13(4-2)7-9/h9-11,14H,3-8,12H2,1-2H3. The van der Waals surface area contributed by atoms with Gasteiger partial charge < -0.3 is 15.7 Å². The van der Waals surface area contributed by atoms with E-state index in [1.807, 2.05) is 6.92 Å². The number of nitrogens with zero attached hydrogens (tertiary/aromatic N) is 1. The first-order chi connectivity index (χ1) is 6.65. The van der Waals surface area contributed by atoms with E-state index in [1.54, 1.807) is 0 Å². The first-order valence-electron chi connectivity index (χ1n) is 5.81. The second kappa shape index (κ2) is 5.69. The third-order valence-corrected chi connectivity index (χ3v) is 3.17. The summed E-state index contributed by atoms with van der Waals surface area (Å²) in [5.41, 5.74) is 5.98. The van der Waals surface area contributed by atoms with E-state index in [0.717, 1.165) is 38.9 Å². The summed E-state index contributed by atoms with van der Waals surface area (Å²) in [6.45, 7) is 7.42. The second-order valence-electron chi connectivity index (χ2n) is 4.51. The Morgan fingerprint density at radius 2 is 2.14 bits per heavy atom. The molecule has 0 amide bonds. The Kier molecular flexibility index (Phi) is 4.85. The van der Waals surface area contributed by atoms with E-state index < -0.39 is 0 Å². The Morgan fingerprint density at radius 1 is 1.43 bits per heavy atom. The van der Waals surface area contributed by atoms with Crippen molar-refractivity contribution in [3.05, 3.63) is 0 Å². The van der Waals surface area contributed by atoms with Crippen LogP contribution in [-0.4, -0.2) is 41.8 Å². The third-order valence-electron chi connectivity index (χ3n) is 3.17. The second-order valence-corrected chi connectivity index (χ2v) is 4.51. The monoisotopic (exact) mass is 200 g/mol. The van der Waals surface area contributed by atoms with Gasteiger partial charge in [-0.25, -0.2) is 0 Å². The molecule has 84 valence electrons. The number of likely N-dealkylation sites (tertiary alicyclic amines) is 1. The minimum absolute atomic E-state index is 0.135. The predicted molar refractivity (Wildman–Crippen MR) is 59.1 cm³/mol. The Morgan fingerprint density at radius 3 is 2.71 bits per heavy atom. The summed E-state index contributed by atoms with van der Waals surface area (Å²) < 4.78 is 0. The smallest absolute Gasteiger partial charge is 0.0540 e. The highest BCUT2D eigenvalue weighted by Crippen LogP contribution is 2.21. The van der Waals surface area contributed by atoms with Gasteiger partial charge in [-0.15, -0.1) is 0 Å². The number of aliphatic hydroxyl groups is 1. The molecule has 3 N–H and O–H groups in total. The highest BCUT2D eigenvalue weighted by molar-refractivity contribution is 4.81. The molecule has 1 fully saturated rings. The van der Waals surface area contributed by atoms with Crippen LogP contribution in [0.25, 0.3) is 0 Å². The van der Waals surface area contributed by atoms with Crippen molar-refractivity contribution in [2.45, 2.75) is 45.3 Å². The fraction of sp³-hybridized carbons (Fsp3) is 1.00. The summed E-state index contributed by atoms with van der Waals surface area (Å²) in [6.07, 6.45) is 2.72. The lowest BCUT2D eigenvalue weighted by Gasteiger charge is -2.36. The molecule has 0 aromatic carbocycles. The van der Waals surface area contributed by atoms with E-state index in [9.17, 15) is 5.11 Å². The zero-order valence-electron chi connectivity index (χ0n) is 9.45. The molecule has 1 heterocycles. The van der Waals surface area contributed by atoms with Crippen molar-refractivity contribution in [3.63, 3.8) is 0 Å². The largest absolute Gasteiger partial charge is 0.393 e. The van der Waals surface area contributed by atoms with E-state index in [-0.39, 0.29) is 6.10 Å². The molecule has 1 aliphatic heterocycles. The third kappa shape index (κ3) is 3.56. The molecule has 0 aromatic rings. The molecule has 3 heteroatoms. The minimum atomic E-state index is -0.135. The van der Waals surface area contributed by atoms with E-state index in [4.69, 9.17) is 5.73 Å². The Bertz CT molecular complexity index is 161. The Hall–Kier alpha value is -0.120. The normalized spacial score (nSPS) is 31.7. The van der Waals surface area contributed by atoms with Crippen molar-refractivity contribution in [1.29, 1.82) is 0 Å². The molecule has 1 rings (SSSR count). The van der Waals surface area contributed by atoms with Gasteiger partial charge in [0.25, 0.3) is 0 Å². The highest BCUT2D eigenvalue weighted by atomic mass is 16.3. The van der Waals surface area contributed by atoms with Crippen LogP contribution >= 0.6 is 0 Å². The summed E-state index contributed by atoms with van der Waals surface area (Å²) in [5, 5.41) is 9.60. The number of hydrogen-bond acceptors (Lipinski definition) is 3. The van der Waals surface area contributed by atoms with Crippen molar-refractivity contribution in [2.75, 3.05) is 19.6 Å². The molecule has 3 unspecified atom stereocenters. The molecule has 0 radical (unpaired) electrons. The van der Waals surface area contributed by atoms with Crippen molar-refractivity contribution >= 4 is 0 Å². The van der Waals surface area contributed by atoms with Gasteiger partial charge in [-0.2, -0.15) is 0 Å². The van der Waals surface area contributed by atoms with Gasteiger partial charge in [-0.3, -0.25) is 0 Å². The molecule has 1 saturated heterocycles. The molecule has 0 spiro atoms. The Balaban J connectivity index is 2.37. The molecule has 0 saturated carbocycles. The Labute approximate surface area is 87.3 Å². The number of aliphatic hydroxyl groups excluding tert-OH is 1. The van der Waals surface area contributed by atoms with Crippen molar-refractivity contribution in [2.24, 2.45) is 11.7 Å². The predicted octanol–water partition coefficient (Wildman–Crippen LogP) is 0.816. The van der Waals surface area contributed by atoms with Crippen LogP contribution in [0.15, 0.2) is 0 Å². The summed E-state index contributed by atoms with van der Waals surface area (Å²) in [4.78, 5) is 2.39. The number of hydrogen-bond donors (Lipinski definition) is 2. The number of nitrogens with two attached hydrogens (primary N) is 1. The fourth-order valence-corrected chi connectivity index (χ4v) is 2.33. The molecule has 3 nitrogen and oxygen atoms in total. The quantitative estimate of drug-likeness (QED) is 0.706. The van der Waals surface area contributed by atoms with Crippen LogP contribution in [0, 0.1) is 5.92 Å². The van der Waals surface area contributed by atoms with E-state index >= 15 is 0 Å². The SMILES string of the molecule is CCC(O)CC1CC(N)CN(CC)C1. The van der Waals surface area contributed by atoms with Crippen molar-refractivity contribution in [1.82, 2.24) is 4.90 Å². The van der Waals surface area contributed by atoms with Gasteiger partial charge in [-0.05, 0) is 31.7 Å². The summed E-state index contributed by atoms with van der Waals surface area (Å²) in [5.74, 6) is 0.591. The maximum atomic E-state index is 9.60.